The normalized spacial score (nSPS) is 10.6. The number of unbranched alkanes of at least 4 members (excludes halogenated alkanes) is 12. The van der Waals surface area contributed by atoms with Gasteiger partial charge in [-0.2, -0.15) is 0 Å². The first-order valence-electron chi connectivity index (χ1n) is 10.2. The lowest BCUT2D eigenvalue weighted by Crippen LogP contribution is -2.10. The standard InChI is InChI=1S/C20H38O4S/c1-3-5-6-7-8-9-10-11-12-13-14-15-16-17-19(21)23-18-24-20(22)25-4-2/h3-18H2,1-2H3. The fourth-order valence-corrected chi connectivity index (χ4v) is 3.03. The molecule has 0 aliphatic carbocycles. The van der Waals surface area contributed by atoms with Crippen LogP contribution in [0.2, 0.25) is 0 Å². The SMILES string of the molecule is CCCCCCCCCCCCCCCC(=O)OCOC(=O)SCC. The van der Waals surface area contributed by atoms with Crippen molar-refractivity contribution < 1.29 is 19.1 Å². The Morgan fingerprint density at radius 2 is 1.16 bits per heavy atom. The number of rotatable bonds is 17. The van der Waals surface area contributed by atoms with Crippen LogP contribution in [0, 0.1) is 0 Å². The third-order valence-electron chi connectivity index (χ3n) is 4.14. The molecule has 0 aromatic rings. The maximum atomic E-state index is 11.5. The summed E-state index contributed by atoms with van der Waals surface area (Å²) in [5.41, 5.74) is 0. The van der Waals surface area contributed by atoms with Crippen molar-refractivity contribution in [1.29, 1.82) is 0 Å². The van der Waals surface area contributed by atoms with E-state index in [2.05, 4.69) is 6.92 Å². The first kappa shape index (κ1) is 24.3. The molecule has 0 aromatic heterocycles. The van der Waals surface area contributed by atoms with Gasteiger partial charge >= 0.3 is 11.3 Å². The van der Waals surface area contributed by atoms with Gasteiger partial charge in [0.25, 0.3) is 0 Å². The van der Waals surface area contributed by atoms with Gasteiger partial charge in [0.15, 0.2) is 0 Å². The fourth-order valence-electron chi connectivity index (χ4n) is 2.66. The Morgan fingerprint density at radius 1 is 0.680 bits per heavy atom. The summed E-state index contributed by atoms with van der Waals surface area (Å²) in [6, 6.07) is 0. The molecule has 0 spiro atoms. The molecule has 0 saturated heterocycles. The summed E-state index contributed by atoms with van der Waals surface area (Å²) in [4.78, 5) is 22.5. The minimum Gasteiger partial charge on any atom is -0.428 e. The average Bonchev–Trinajstić information content (AvgIpc) is 2.59. The number of hydrogen-bond donors (Lipinski definition) is 0. The Labute approximate surface area is 158 Å². The van der Waals surface area contributed by atoms with E-state index in [-0.39, 0.29) is 12.8 Å². The molecule has 148 valence electrons. The van der Waals surface area contributed by atoms with E-state index in [9.17, 15) is 9.59 Å². The zero-order valence-corrected chi connectivity index (χ0v) is 17.2. The van der Waals surface area contributed by atoms with E-state index in [0.29, 0.717) is 12.2 Å². The highest BCUT2D eigenvalue weighted by Crippen LogP contribution is 2.13. The van der Waals surface area contributed by atoms with Crippen LogP contribution in [0.25, 0.3) is 0 Å². The van der Waals surface area contributed by atoms with Crippen LogP contribution in [0.15, 0.2) is 0 Å². The lowest BCUT2D eigenvalue weighted by Gasteiger charge is -2.05. The van der Waals surface area contributed by atoms with Crippen LogP contribution >= 0.6 is 11.8 Å². The molecule has 0 heterocycles. The van der Waals surface area contributed by atoms with E-state index >= 15 is 0 Å². The van der Waals surface area contributed by atoms with Crippen LogP contribution in [-0.4, -0.2) is 23.8 Å². The zero-order chi connectivity index (χ0) is 18.6. The number of carbonyl (C=O) groups is 2. The molecule has 0 atom stereocenters. The largest absolute Gasteiger partial charge is 0.428 e. The Bertz CT molecular complexity index is 321. The van der Waals surface area contributed by atoms with Gasteiger partial charge in [-0.1, -0.05) is 90.9 Å². The van der Waals surface area contributed by atoms with Gasteiger partial charge in [0, 0.05) is 12.2 Å². The molecule has 0 saturated carbocycles. The maximum absolute atomic E-state index is 11.5. The lowest BCUT2D eigenvalue weighted by molar-refractivity contribution is -0.151. The highest BCUT2D eigenvalue weighted by molar-refractivity contribution is 8.13. The summed E-state index contributed by atoms with van der Waals surface area (Å²) in [5.74, 6) is 0.378. The van der Waals surface area contributed by atoms with Gasteiger partial charge in [-0.05, 0) is 18.2 Å². The molecule has 0 radical (unpaired) electrons. The van der Waals surface area contributed by atoms with E-state index in [0.717, 1.165) is 24.6 Å². The molecule has 0 bridgehead atoms. The molecular weight excluding hydrogens is 336 g/mol. The molecule has 0 aliphatic rings. The van der Waals surface area contributed by atoms with E-state index in [4.69, 9.17) is 9.47 Å². The monoisotopic (exact) mass is 374 g/mol. The predicted octanol–water partition coefficient (Wildman–Crippen LogP) is 6.86. The van der Waals surface area contributed by atoms with E-state index < -0.39 is 5.30 Å². The van der Waals surface area contributed by atoms with Gasteiger partial charge in [0.05, 0.1) is 0 Å². The van der Waals surface area contributed by atoms with Crippen molar-refractivity contribution in [3.05, 3.63) is 0 Å². The van der Waals surface area contributed by atoms with Gasteiger partial charge < -0.3 is 9.47 Å². The molecule has 0 rings (SSSR count). The third kappa shape index (κ3) is 19.5. The lowest BCUT2D eigenvalue weighted by atomic mass is 10.0. The van der Waals surface area contributed by atoms with Crippen LogP contribution in [0.4, 0.5) is 4.79 Å². The van der Waals surface area contributed by atoms with Crippen molar-refractivity contribution in [2.45, 2.75) is 104 Å². The van der Waals surface area contributed by atoms with Crippen LogP contribution in [0.3, 0.4) is 0 Å². The van der Waals surface area contributed by atoms with Crippen molar-refractivity contribution in [1.82, 2.24) is 0 Å². The van der Waals surface area contributed by atoms with Crippen molar-refractivity contribution in [2.75, 3.05) is 12.5 Å². The van der Waals surface area contributed by atoms with Crippen LogP contribution in [0.5, 0.6) is 0 Å². The van der Waals surface area contributed by atoms with Gasteiger partial charge in [0.1, 0.15) is 0 Å². The van der Waals surface area contributed by atoms with E-state index in [1.165, 1.54) is 70.6 Å². The van der Waals surface area contributed by atoms with Crippen LogP contribution in [-0.2, 0) is 14.3 Å². The van der Waals surface area contributed by atoms with Gasteiger partial charge in [0.2, 0.25) is 6.79 Å². The minimum atomic E-state index is -0.392. The molecule has 25 heavy (non-hydrogen) atoms. The summed E-state index contributed by atoms with van der Waals surface area (Å²) >= 11 is 1.07. The third-order valence-corrected chi connectivity index (χ3v) is 4.79. The molecule has 5 heteroatoms. The van der Waals surface area contributed by atoms with Crippen LogP contribution < -0.4 is 0 Å². The second-order valence-corrected chi connectivity index (χ2v) is 7.65. The number of esters is 1. The Kier molecular flexibility index (Phi) is 19.1. The second kappa shape index (κ2) is 19.6. The maximum Gasteiger partial charge on any atom is 0.370 e. The molecule has 0 amide bonds. The second-order valence-electron chi connectivity index (χ2n) is 6.45. The Morgan fingerprint density at radius 3 is 1.64 bits per heavy atom. The van der Waals surface area contributed by atoms with Gasteiger partial charge in [-0.25, -0.2) is 4.79 Å². The van der Waals surface area contributed by atoms with Crippen molar-refractivity contribution >= 4 is 23.0 Å². The smallest absolute Gasteiger partial charge is 0.370 e. The number of hydrogen-bond acceptors (Lipinski definition) is 5. The molecule has 4 nitrogen and oxygen atoms in total. The molecule has 0 unspecified atom stereocenters. The van der Waals surface area contributed by atoms with Crippen molar-refractivity contribution in [3.63, 3.8) is 0 Å². The molecule has 0 N–H and O–H groups in total. The number of thioether (sulfide) groups is 1. The Balaban J connectivity index is 3.19. The first-order valence-corrected chi connectivity index (χ1v) is 11.1. The number of carbonyl (C=O) groups excluding carboxylic acids is 2. The van der Waals surface area contributed by atoms with Crippen molar-refractivity contribution in [3.8, 4) is 0 Å². The molecular formula is C20H38O4S. The highest BCUT2D eigenvalue weighted by atomic mass is 32.2. The summed E-state index contributed by atoms with van der Waals surface area (Å²) in [5, 5.41) is -0.392. The first-order chi connectivity index (χ1) is 12.2. The minimum absolute atomic E-state index is 0.261. The summed E-state index contributed by atoms with van der Waals surface area (Å²) in [6.07, 6.45) is 17.1. The van der Waals surface area contributed by atoms with Crippen LogP contribution in [0.1, 0.15) is 104 Å². The van der Waals surface area contributed by atoms with Crippen molar-refractivity contribution in [2.24, 2.45) is 0 Å². The summed E-state index contributed by atoms with van der Waals surface area (Å²) in [6.45, 7) is 3.86. The van der Waals surface area contributed by atoms with Gasteiger partial charge in [-0.3, -0.25) is 4.79 Å². The zero-order valence-electron chi connectivity index (χ0n) is 16.4. The summed E-state index contributed by atoms with van der Waals surface area (Å²) in [7, 11) is 0. The quantitative estimate of drug-likeness (QED) is 0.158. The highest BCUT2D eigenvalue weighted by Gasteiger charge is 2.05. The Hall–Kier alpha value is -0.710. The van der Waals surface area contributed by atoms with Gasteiger partial charge in [-0.15, -0.1) is 0 Å². The predicted molar refractivity (Wildman–Crippen MR) is 106 cm³/mol. The number of ether oxygens (including phenoxy) is 2. The molecule has 0 aliphatic heterocycles. The van der Waals surface area contributed by atoms with E-state index in [1.54, 1.807) is 0 Å². The fraction of sp³-hybridized carbons (Fsp3) is 0.900. The molecule has 0 aromatic carbocycles. The topological polar surface area (TPSA) is 52.6 Å². The van der Waals surface area contributed by atoms with E-state index in [1.807, 2.05) is 6.92 Å². The average molecular weight is 375 g/mol. The molecule has 0 fully saturated rings. The summed E-state index contributed by atoms with van der Waals surface area (Å²) < 4.78 is 9.62.